The summed E-state index contributed by atoms with van der Waals surface area (Å²) in [7, 11) is 0. The van der Waals surface area contributed by atoms with Gasteiger partial charge in [-0.05, 0) is 122 Å². The maximum absolute atomic E-state index is 12.9. The van der Waals surface area contributed by atoms with Crippen molar-refractivity contribution in [2.24, 2.45) is 0 Å². The van der Waals surface area contributed by atoms with Gasteiger partial charge in [0.25, 0.3) is 0 Å². The van der Waals surface area contributed by atoms with Crippen molar-refractivity contribution in [1.82, 2.24) is 0 Å². The van der Waals surface area contributed by atoms with E-state index in [1.165, 1.54) is 199 Å². The predicted molar refractivity (Wildman–Crippen MR) is 353 cm³/mol. The highest BCUT2D eigenvalue weighted by Crippen LogP contribution is 2.17. The minimum atomic E-state index is -0.787. The Bertz CT molecular complexity index is 1580. The quantitative estimate of drug-likeness (QED) is 0.0261. The maximum atomic E-state index is 12.9. The van der Waals surface area contributed by atoms with E-state index in [-0.39, 0.29) is 31.1 Å². The molecule has 1 atom stereocenters. The molecular weight excluding hydrogens is 997 g/mol. The van der Waals surface area contributed by atoms with E-state index < -0.39 is 6.10 Å². The van der Waals surface area contributed by atoms with Crippen LogP contribution < -0.4 is 0 Å². The first-order valence-corrected chi connectivity index (χ1v) is 34.7. The summed E-state index contributed by atoms with van der Waals surface area (Å²) in [5.41, 5.74) is 0. The lowest BCUT2D eigenvalue weighted by atomic mass is 10.0. The zero-order chi connectivity index (χ0) is 58.5. The van der Waals surface area contributed by atoms with Gasteiger partial charge in [0.15, 0.2) is 6.10 Å². The second-order valence-corrected chi connectivity index (χ2v) is 23.1. The van der Waals surface area contributed by atoms with Gasteiger partial charge in [-0.1, -0.05) is 298 Å². The third-order valence-electron chi connectivity index (χ3n) is 15.0. The topological polar surface area (TPSA) is 78.9 Å². The Morgan fingerprint density at radius 3 is 0.778 bits per heavy atom. The zero-order valence-corrected chi connectivity index (χ0v) is 53.5. The zero-order valence-electron chi connectivity index (χ0n) is 53.5. The van der Waals surface area contributed by atoms with Crippen LogP contribution in [0.1, 0.15) is 342 Å². The fourth-order valence-electron chi connectivity index (χ4n) is 9.85. The van der Waals surface area contributed by atoms with Gasteiger partial charge in [-0.2, -0.15) is 0 Å². The summed E-state index contributed by atoms with van der Waals surface area (Å²) in [5.74, 6) is -0.881. The number of hydrogen-bond donors (Lipinski definition) is 0. The smallest absolute Gasteiger partial charge is 0.306 e. The molecule has 0 spiro atoms. The summed E-state index contributed by atoms with van der Waals surface area (Å²) in [5, 5.41) is 0. The molecule has 0 radical (unpaired) electrons. The van der Waals surface area contributed by atoms with E-state index in [1.54, 1.807) is 0 Å². The van der Waals surface area contributed by atoms with Crippen LogP contribution >= 0.6 is 0 Å². The molecule has 0 fully saturated rings. The monoisotopic (exact) mass is 1130 g/mol. The van der Waals surface area contributed by atoms with Crippen molar-refractivity contribution in [3.8, 4) is 0 Å². The number of unbranched alkanes of at least 4 members (excludes halogenated alkanes) is 36. The van der Waals surface area contributed by atoms with Gasteiger partial charge >= 0.3 is 17.9 Å². The average Bonchev–Trinajstić information content (AvgIpc) is 3.47. The molecule has 0 aromatic carbocycles. The minimum absolute atomic E-state index is 0.0819. The standard InChI is InChI=1S/C75H130O6/c1-4-7-10-13-16-19-22-25-28-31-34-35-36-37-38-39-40-41-42-45-47-50-53-56-59-62-65-68-74(77)80-71-72(81-75(78)69-66-63-60-57-54-51-48-44-33-30-27-24-21-18-15-12-9-6-3)70-79-73(76)67-64-61-58-55-52-49-46-43-32-29-26-23-20-17-14-11-8-5-2/h7,10,16,19,21,24-25,28-30,32-35,37-38,72H,4-6,8-9,11-15,17-18,20,22-23,26-27,31,36,39-71H2,1-3H3/b10-7-,19-16-,24-21-,28-25-,32-29-,33-30-,35-34-,38-37-. The van der Waals surface area contributed by atoms with Crippen molar-refractivity contribution in [3.63, 3.8) is 0 Å². The van der Waals surface area contributed by atoms with Gasteiger partial charge in [0.05, 0.1) is 0 Å². The van der Waals surface area contributed by atoms with Crippen LogP contribution in [0.4, 0.5) is 0 Å². The molecule has 0 heterocycles. The SMILES string of the molecule is CC/C=C\C/C=C\C/C=C\C/C=C\C/C=C\CCCCCCCCCCCCCC(=O)OCC(COC(=O)CCCCCCCCC/C=C\CCCCCCCCC)OC(=O)CCCCCCCCC/C=C\C/C=C\CCCCCC. The fourth-order valence-corrected chi connectivity index (χ4v) is 9.85. The Labute approximate surface area is 502 Å². The van der Waals surface area contributed by atoms with E-state index in [0.717, 1.165) is 103 Å². The highest BCUT2D eigenvalue weighted by molar-refractivity contribution is 5.71. The summed E-state index contributed by atoms with van der Waals surface area (Å²) in [6, 6.07) is 0. The molecule has 0 aliphatic carbocycles. The second kappa shape index (κ2) is 68.8. The van der Waals surface area contributed by atoms with Crippen LogP contribution in [0.15, 0.2) is 97.2 Å². The van der Waals surface area contributed by atoms with Gasteiger partial charge in [-0.25, -0.2) is 0 Å². The van der Waals surface area contributed by atoms with Crippen molar-refractivity contribution in [3.05, 3.63) is 97.2 Å². The molecule has 0 aliphatic heterocycles. The molecule has 0 aromatic heterocycles. The van der Waals surface area contributed by atoms with Crippen molar-refractivity contribution < 1.29 is 28.6 Å². The lowest BCUT2D eigenvalue weighted by Gasteiger charge is -2.18. The molecule has 6 nitrogen and oxygen atoms in total. The molecule has 81 heavy (non-hydrogen) atoms. The van der Waals surface area contributed by atoms with Crippen LogP contribution in [0.2, 0.25) is 0 Å². The number of carbonyl (C=O) groups is 3. The molecule has 0 N–H and O–H groups in total. The molecule has 0 bridgehead atoms. The number of rotatable bonds is 63. The number of allylic oxidation sites excluding steroid dienone is 16. The second-order valence-electron chi connectivity index (χ2n) is 23.1. The van der Waals surface area contributed by atoms with Crippen molar-refractivity contribution in [2.75, 3.05) is 13.2 Å². The van der Waals surface area contributed by atoms with E-state index in [2.05, 4.69) is 118 Å². The Balaban J connectivity index is 4.35. The predicted octanol–water partition coefficient (Wildman–Crippen LogP) is 24.0. The van der Waals surface area contributed by atoms with Gasteiger partial charge < -0.3 is 14.2 Å². The van der Waals surface area contributed by atoms with Crippen LogP contribution in [0.5, 0.6) is 0 Å². The van der Waals surface area contributed by atoms with Gasteiger partial charge in [0.2, 0.25) is 0 Å². The first-order chi connectivity index (χ1) is 40.0. The average molecular weight is 1130 g/mol. The number of hydrogen-bond acceptors (Lipinski definition) is 6. The Kier molecular flexibility index (Phi) is 65.7. The van der Waals surface area contributed by atoms with Gasteiger partial charge in [0.1, 0.15) is 13.2 Å². The normalized spacial score (nSPS) is 12.7. The molecule has 0 rings (SSSR count). The van der Waals surface area contributed by atoms with Crippen molar-refractivity contribution in [1.29, 1.82) is 0 Å². The van der Waals surface area contributed by atoms with Crippen molar-refractivity contribution >= 4 is 17.9 Å². The molecule has 0 aromatic rings. The number of ether oxygens (including phenoxy) is 3. The van der Waals surface area contributed by atoms with E-state index >= 15 is 0 Å². The highest BCUT2D eigenvalue weighted by Gasteiger charge is 2.19. The summed E-state index contributed by atoms with van der Waals surface area (Å²) in [6.07, 6.45) is 92.7. The van der Waals surface area contributed by atoms with Crippen molar-refractivity contribution in [2.45, 2.75) is 348 Å². The molecule has 0 amide bonds. The third kappa shape index (κ3) is 67.0. The van der Waals surface area contributed by atoms with Gasteiger partial charge in [-0.15, -0.1) is 0 Å². The number of esters is 3. The summed E-state index contributed by atoms with van der Waals surface area (Å²) in [4.78, 5) is 38.5. The lowest BCUT2D eigenvalue weighted by molar-refractivity contribution is -0.167. The van der Waals surface area contributed by atoms with E-state index in [9.17, 15) is 14.4 Å². The first-order valence-electron chi connectivity index (χ1n) is 34.7. The molecule has 0 saturated carbocycles. The Hall–Kier alpha value is -3.67. The van der Waals surface area contributed by atoms with Crippen LogP contribution in [0.3, 0.4) is 0 Å². The molecule has 6 heteroatoms. The van der Waals surface area contributed by atoms with Gasteiger partial charge in [-0.3, -0.25) is 14.4 Å². The molecule has 0 aliphatic rings. The Morgan fingerprint density at radius 2 is 0.481 bits per heavy atom. The van der Waals surface area contributed by atoms with Crippen LogP contribution in [0.25, 0.3) is 0 Å². The van der Waals surface area contributed by atoms with Crippen LogP contribution in [-0.2, 0) is 28.6 Å². The highest BCUT2D eigenvalue weighted by atomic mass is 16.6. The van der Waals surface area contributed by atoms with E-state index in [4.69, 9.17) is 14.2 Å². The van der Waals surface area contributed by atoms with E-state index in [0.29, 0.717) is 19.3 Å². The van der Waals surface area contributed by atoms with Crippen LogP contribution in [0, 0.1) is 0 Å². The molecule has 1 unspecified atom stereocenters. The first kappa shape index (κ1) is 77.3. The lowest BCUT2D eigenvalue weighted by Crippen LogP contribution is -2.30. The minimum Gasteiger partial charge on any atom is -0.462 e. The Morgan fingerprint density at radius 1 is 0.259 bits per heavy atom. The molecule has 466 valence electrons. The summed E-state index contributed by atoms with van der Waals surface area (Å²) >= 11 is 0. The largest absolute Gasteiger partial charge is 0.462 e. The molecule has 0 saturated heterocycles. The maximum Gasteiger partial charge on any atom is 0.306 e. The molecular formula is C75H130O6. The summed E-state index contributed by atoms with van der Waals surface area (Å²) in [6.45, 7) is 6.54. The van der Waals surface area contributed by atoms with E-state index in [1.807, 2.05) is 0 Å². The fraction of sp³-hybridized carbons (Fsp3) is 0.747. The third-order valence-corrected chi connectivity index (χ3v) is 15.0. The summed E-state index contributed by atoms with van der Waals surface area (Å²) < 4.78 is 17.0. The van der Waals surface area contributed by atoms with Gasteiger partial charge in [0, 0.05) is 19.3 Å². The number of carbonyl (C=O) groups excluding carboxylic acids is 3. The van der Waals surface area contributed by atoms with Crippen LogP contribution in [-0.4, -0.2) is 37.2 Å².